The summed E-state index contributed by atoms with van der Waals surface area (Å²) in [5.41, 5.74) is 6.57. The zero-order chi connectivity index (χ0) is 41.5. The molecule has 0 saturated heterocycles. The van der Waals surface area contributed by atoms with Gasteiger partial charge in [0, 0.05) is 61.8 Å². The van der Waals surface area contributed by atoms with Gasteiger partial charge >= 0.3 is 11.6 Å². The predicted molar refractivity (Wildman–Crippen MR) is 206 cm³/mol. The summed E-state index contributed by atoms with van der Waals surface area (Å²) in [4.78, 5) is 104. The number of aliphatic carboxylic acids is 1. The average molecular weight is 790 g/mol. The van der Waals surface area contributed by atoms with Crippen LogP contribution >= 0.6 is 0 Å². The molecule has 0 spiro atoms. The van der Waals surface area contributed by atoms with Crippen LogP contribution < -0.4 is 37.9 Å². The minimum atomic E-state index is -1.29. The highest BCUT2D eigenvalue weighted by Gasteiger charge is 2.31. The quantitative estimate of drug-likeness (QED) is 0.0393. The monoisotopic (exact) mass is 789 g/mol. The highest BCUT2D eigenvalue weighted by atomic mass is 16.4. The number of hydrogen-bond acceptors (Lipinski definition) is 10. The van der Waals surface area contributed by atoms with Crippen molar-refractivity contribution in [2.75, 3.05) is 13.6 Å². The number of aromatic amines is 1. The number of carboxylic acids is 1. The number of benzene rings is 2. The van der Waals surface area contributed by atoms with Gasteiger partial charge in [0.05, 0.1) is 6.61 Å². The summed E-state index contributed by atoms with van der Waals surface area (Å²) in [6.45, 7) is -0.0347. The number of fused-ring (bicyclic) bond motifs is 2. The lowest BCUT2D eigenvalue weighted by Crippen LogP contribution is -2.57. The highest BCUT2D eigenvalue weighted by Crippen LogP contribution is 2.20. The van der Waals surface area contributed by atoms with Crippen LogP contribution in [0.15, 0.2) is 63.9 Å². The van der Waals surface area contributed by atoms with Crippen molar-refractivity contribution in [2.45, 2.75) is 82.5 Å². The molecule has 0 aliphatic carbocycles. The summed E-state index contributed by atoms with van der Waals surface area (Å²) in [5, 5.41) is 32.6. The molecule has 4 aromatic rings. The second kappa shape index (κ2) is 20.9. The standard InChI is InChI=1S/C39H47N7O11/c1-41-36(53)28(13-15-34(50)51)45-38(55)30(19-24-20-43-27-8-5-4-7-25(24)27)46-37(54)29(12-14-32(40)48)44-33(49)9-3-2-6-16-42-35(52)26-18-23-11-10-22(21-47)17-31(23)57-39(26)56/h4-5,7-8,10-11,17-18,20,28-30,43,47H,2-3,6,9,12-16,19,21H2,1H3,(H2,40,48)(H,41,53)(H,42,52)(H,44,49)(H,45,55)(H,46,54)(H,50,51)/t28-,29-,30-/m0/s1. The molecule has 0 aliphatic heterocycles. The van der Waals surface area contributed by atoms with Crippen LogP contribution in [0.3, 0.4) is 0 Å². The van der Waals surface area contributed by atoms with Gasteiger partial charge in [-0.25, -0.2) is 4.79 Å². The number of nitrogens with one attached hydrogen (secondary N) is 6. The Labute approximate surface area is 326 Å². The first-order valence-electron chi connectivity index (χ1n) is 18.4. The molecule has 2 aromatic carbocycles. The van der Waals surface area contributed by atoms with Crippen molar-refractivity contribution < 1.29 is 48.2 Å². The van der Waals surface area contributed by atoms with Gasteiger partial charge in [-0.05, 0) is 55.0 Å². The Morgan fingerprint density at radius 2 is 1.53 bits per heavy atom. The lowest BCUT2D eigenvalue weighted by Gasteiger charge is -2.25. The molecule has 3 atom stereocenters. The molecule has 0 aliphatic rings. The lowest BCUT2D eigenvalue weighted by molar-refractivity contribution is -0.138. The van der Waals surface area contributed by atoms with Gasteiger partial charge in [0.1, 0.15) is 29.3 Å². The summed E-state index contributed by atoms with van der Waals surface area (Å²) >= 11 is 0. The topological polar surface area (TPSA) is 292 Å². The van der Waals surface area contributed by atoms with Crippen LogP contribution in [0, 0.1) is 0 Å². The molecule has 10 N–H and O–H groups in total. The Morgan fingerprint density at radius 3 is 2.25 bits per heavy atom. The Kier molecular flexibility index (Phi) is 15.9. The smallest absolute Gasteiger partial charge is 0.349 e. The van der Waals surface area contributed by atoms with Crippen LogP contribution in [0.2, 0.25) is 0 Å². The number of nitrogens with two attached hydrogens (primary N) is 1. The number of para-hydroxylation sites is 1. The first kappa shape index (κ1) is 43.2. The van der Waals surface area contributed by atoms with E-state index in [0.717, 1.165) is 10.9 Å². The van der Waals surface area contributed by atoms with Crippen molar-refractivity contribution in [3.05, 3.63) is 81.8 Å². The van der Waals surface area contributed by atoms with Gasteiger partial charge in [0.25, 0.3) is 5.91 Å². The molecule has 6 amide bonds. The minimum Gasteiger partial charge on any atom is -0.481 e. The van der Waals surface area contributed by atoms with Gasteiger partial charge in [-0.3, -0.25) is 33.6 Å². The van der Waals surface area contributed by atoms with E-state index in [9.17, 15) is 43.5 Å². The molecule has 0 fully saturated rings. The number of carbonyl (C=O) groups is 7. The van der Waals surface area contributed by atoms with Crippen LogP contribution in [0.5, 0.6) is 0 Å². The van der Waals surface area contributed by atoms with Gasteiger partial charge in [0.15, 0.2) is 0 Å². The third-order valence-corrected chi connectivity index (χ3v) is 9.18. The fraction of sp³-hybridized carbons (Fsp3) is 0.385. The van der Waals surface area contributed by atoms with Gasteiger partial charge in [-0.2, -0.15) is 0 Å². The zero-order valence-electron chi connectivity index (χ0n) is 31.4. The third kappa shape index (κ3) is 12.7. The zero-order valence-corrected chi connectivity index (χ0v) is 31.4. The Bertz CT molecular complexity index is 2160. The third-order valence-electron chi connectivity index (χ3n) is 9.18. The molecular weight excluding hydrogens is 742 g/mol. The molecule has 0 saturated carbocycles. The molecule has 4 rings (SSSR count). The molecular formula is C39H47N7O11. The number of hydrogen-bond donors (Lipinski definition) is 9. The van der Waals surface area contributed by atoms with Gasteiger partial charge in [-0.15, -0.1) is 0 Å². The van der Waals surface area contributed by atoms with E-state index in [0.29, 0.717) is 35.8 Å². The summed E-state index contributed by atoms with van der Waals surface area (Å²) < 4.78 is 5.24. The number of unbranched alkanes of at least 4 members (excludes halogenated alkanes) is 2. The molecule has 57 heavy (non-hydrogen) atoms. The molecule has 304 valence electrons. The molecule has 2 heterocycles. The molecule has 18 nitrogen and oxygen atoms in total. The number of aliphatic hydroxyl groups is 1. The van der Waals surface area contributed by atoms with Crippen LogP contribution in [-0.4, -0.2) is 88.3 Å². The molecule has 0 radical (unpaired) electrons. The van der Waals surface area contributed by atoms with Gasteiger partial charge in [0.2, 0.25) is 29.5 Å². The maximum absolute atomic E-state index is 13.7. The number of rotatable bonds is 22. The van der Waals surface area contributed by atoms with Crippen molar-refractivity contribution in [2.24, 2.45) is 5.73 Å². The van der Waals surface area contributed by atoms with Gasteiger partial charge in [-0.1, -0.05) is 36.8 Å². The summed E-state index contributed by atoms with van der Waals surface area (Å²) in [6.07, 6.45) is 1.85. The van der Waals surface area contributed by atoms with E-state index in [1.54, 1.807) is 24.4 Å². The van der Waals surface area contributed by atoms with E-state index < -0.39 is 71.6 Å². The van der Waals surface area contributed by atoms with Crippen LogP contribution in [-0.2, 0) is 41.8 Å². The number of H-pyrrole nitrogens is 1. The summed E-state index contributed by atoms with van der Waals surface area (Å²) in [6, 6.07) is 9.68. The van der Waals surface area contributed by atoms with E-state index in [4.69, 9.17) is 15.3 Å². The second-order valence-corrected chi connectivity index (χ2v) is 13.4. The Hall–Kier alpha value is -6.56. The van der Waals surface area contributed by atoms with E-state index in [2.05, 4.69) is 31.6 Å². The molecule has 0 bridgehead atoms. The number of likely N-dealkylation sites (N-methyl/N-ethyl adjacent to an activating group) is 1. The number of amides is 6. The average Bonchev–Trinajstić information content (AvgIpc) is 3.60. The molecule has 18 heteroatoms. The number of aliphatic hydroxyl groups excluding tert-OH is 1. The van der Waals surface area contributed by atoms with Crippen molar-refractivity contribution in [3.8, 4) is 0 Å². The Morgan fingerprint density at radius 1 is 0.825 bits per heavy atom. The predicted octanol–water partition coefficient (Wildman–Crippen LogP) is 0.630. The van der Waals surface area contributed by atoms with Crippen molar-refractivity contribution in [1.82, 2.24) is 31.6 Å². The van der Waals surface area contributed by atoms with E-state index in [1.165, 1.54) is 19.2 Å². The maximum Gasteiger partial charge on any atom is 0.349 e. The summed E-state index contributed by atoms with van der Waals surface area (Å²) in [7, 11) is 1.33. The van der Waals surface area contributed by atoms with Crippen molar-refractivity contribution in [3.63, 3.8) is 0 Å². The van der Waals surface area contributed by atoms with E-state index in [1.807, 2.05) is 18.2 Å². The van der Waals surface area contributed by atoms with E-state index >= 15 is 0 Å². The van der Waals surface area contributed by atoms with Crippen LogP contribution in [0.25, 0.3) is 21.9 Å². The summed E-state index contributed by atoms with van der Waals surface area (Å²) in [5.74, 6) is -5.24. The van der Waals surface area contributed by atoms with Crippen molar-refractivity contribution in [1.29, 1.82) is 0 Å². The second-order valence-electron chi connectivity index (χ2n) is 13.4. The van der Waals surface area contributed by atoms with Gasteiger partial charge < -0.3 is 51.9 Å². The number of carbonyl (C=O) groups excluding carboxylic acids is 6. The first-order chi connectivity index (χ1) is 27.3. The van der Waals surface area contributed by atoms with E-state index in [-0.39, 0.29) is 56.4 Å². The largest absolute Gasteiger partial charge is 0.481 e. The Balaban J connectivity index is 1.36. The molecule has 0 unspecified atom stereocenters. The van der Waals surface area contributed by atoms with Crippen molar-refractivity contribution >= 4 is 63.3 Å². The molecule has 2 aromatic heterocycles. The highest BCUT2D eigenvalue weighted by molar-refractivity contribution is 5.97. The maximum atomic E-state index is 13.7. The first-order valence-corrected chi connectivity index (χ1v) is 18.4. The fourth-order valence-electron chi connectivity index (χ4n) is 6.10. The van der Waals surface area contributed by atoms with Crippen LogP contribution in [0.4, 0.5) is 0 Å². The number of aromatic nitrogens is 1. The fourth-order valence-corrected chi connectivity index (χ4v) is 6.10. The minimum absolute atomic E-state index is 0.0188. The number of carboxylic acid groups (broad SMARTS) is 1. The SMILES string of the molecule is CNC(=O)[C@H](CCC(=O)O)NC(=O)[C@H](Cc1c[nH]c2ccccc12)NC(=O)[C@H](CCC(N)=O)NC(=O)CCCCCNC(=O)c1cc2ccc(CO)cc2oc1=O. The normalized spacial score (nSPS) is 12.6. The van der Waals surface area contributed by atoms with Crippen LogP contribution in [0.1, 0.15) is 72.9 Å². The number of primary amides is 1. The lowest BCUT2D eigenvalue weighted by atomic mass is 10.0.